The Morgan fingerprint density at radius 1 is 1.47 bits per heavy atom. The molecule has 1 saturated heterocycles. The van der Waals surface area contributed by atoms with Crippen molar-refractivity contribution in [2.24, 2.45) is 12.8 Å². The van der Waals surface area contributed by atoms with Gasteiger partial charge in [0.15, 0.2) is 0 Å². The maximum atomic E-state index is 5.63. The summed E-state index contributed by atoms with van der Waals surface area (Å²) in [4.78, 5) is 2.29. The molecule has 1 aromatic rings. The minimum atomic E-state index is 0.508. The molecule has 0 radical (unpaired) electrons. The summed E-state index contributed by atoms with van der Waals surface area (Å²) < 4.78 is 1.73. The van der Waals surface area contributed by atoms with Gasteiger partial charge in [0.05, 0.1) is 0 Å². The fraction of sp³-hybridized carbons (Fsp3) is 0.889. The summed E-state index contributed by atoms with van der Waals surface area (Å²) in [5.74, 6) is 0.869. The number of hydrogen-bond donors (Lipinski definition) is 1. The molecule has 1 aliphatic heterocycles. The highest BCUT2D eigenvalue weighted by molar-refractivity contribution is 5.30. The smallest absolute Gasteiger partial charge is 0.245 e. The first-order chi connectivity index (χ1) is 7.33. The Bertz CT molecular complexity index is 307. The van der Waals surface area contributed by atoms with E-state index in [1.807, 2.05) is 7.05 Å². The van der Waals surface area contributed by atoms with Crippen LogP contribution in [0, 0.1) is 0 Å². The summed E-state index contributed by atoms with van der Waals surface area (Å²) in [6.45, 7) is 1.77. The lowest BCUT2D eigenvalue weighted by atomic mass is 10.00. The number of nitrogens with zero attached hydrogens (tertiary/aromatic N) is 5. The molecule has 1 aliphatic rings. The monoisotopic (exact) mass is 210 g/mol. The zero-order valence-corrected chi connectivity index (χ0v) is 9.13. The average molecular weight is 210 g/mol. The number of anilines is 1. The van der Waals surface area contributed by atoms with E-state index >= 15 is 0 Å². The molecule has 1 unspecified atom stereocenters. The number of hydrogen-bond acceptors (Lipinski definition) is 5. The Hall–Kier alpha value is -1.17. The van der Waals surface area contributed by atoms with Gasteiger partial charge in [-0.2, -0.15) is 0 Å². The summed E-state index contributed by atoms with van der Waals surface area (Å²) in [6, 6.07) is 0.508. The molecule has 15 heavy (non-hydrogen) atoms. The molecular formula is C9H18N6. The Balaban J connectivity index is 2.14. The van der Waals surface area contributed by atoms with E-state index in [0.29, 0.717) is 6.04 Å². The number of aromatic nitrogens is 4. The zero-order chi connectivity index (χ0) is 10.7. The molecule has 84 valence electrons. The molecule has 6 heteroatoms. The third-order valence-electron chi connectivity index (χ3n) is 2.98. The van der Waals surface area contributed by atoms with Gasteiger partial charge in [0, 0.05) is 19.6 Å². The van der Waals surface area contributed by atoms with Crippen molar-refractivity contribution >= 4 is 5.95 Å². The fourth-order valence-corrected chi connectivity index (χ4v) is 2.22. The summed E-state index contributed by atoms with van der Waals surface area (Å²) in [5.41, 5.74) is 5.63. The van der Waals surface area contributed by atoms with E-state index in [0.717, 1.165) is 25.5 Å². The van der Waals surface area contributed by atoms with Crippen LogP contribution in [0.1, 0.15) is 25.7 Å². The topological polar surface area (TPSA) is 72.9 Å². The summed E-state index contributed by atoms with van der Waals surface area (Å²) >= 11 is 0. The lowest BCUT2D eigenvalue weighted by molar-refractivity contribution is 0.430. The normalized spacial score (nSPS) is 22.0. The van der Waals surface area contributed by atoms with Gasteiger partial charge in [0.1, 0.15) is 0 Å². The van der Waals surface area contributed by atoms with Crippen LogP contribution in [-0.2, 0) is 7.05 Å². The van der Waals surface area contributed by atoms with Gasteiger partial charge in [0.25, 0.3) is 0 Å². The van der Waals surface area contributed by atoms with Crippen LogP contribution >= 0.6 is 0 Å². The first-order valence-corrected chi connectivity index (χ1v) is 5.52. The average Bonchev–Trinajstić information content (AvgIpc) is 2.66. The highest BCUT2D eigenvalue weighted by atomic mass is 15.6. The molecule has 2 heterocycles. The first kappa shape index (κ1) is 10.4. The Kier molecular flexibility index (Phi) is 3.15. The van der Waals surface area contributed by atoms with Gasteiger partial charge in [-0.15, -0.1) is 0 Å². The van der Waals surface area contributed by atoms with Crippen LogP contribution in [0.2, 0.25) is 0 Å². The number of aryl methyl sites for hydroxylation is 1. The third kappa shape index (κ3) is 2.09. The molecular weight excluding hydrogens is 192 g/mol. The van der Waals surface area contributed by atoms with Crippen molar-refractivity contribution < 1.29 is 0 Å². The van der Waals surface area contributed by atoms with E-state index in [2.05, 4.69) is 20.4 Å². The van der Waals surface area contributed by atoms with Crippen LogP contribution in [0.3, 0.4) is 0 Å². The molecule has 0 bridgehead atoms. The molecule has 1 atom stereocenters. The minimum absolute atomic E-state index is 0.508. The summed E-state index contributed by atoms with van der Waals surface area (Å²) in [7, 11) is 1.88. The Morgan fingerprint density at radius 2 is 2.33 bits per heavy atom. The van der Waals surface area contributed by atoms with E-state index in [1.54, 1.807) is 4.68 Å². The van der Waals surface area contributed by atoms with E-state index in [1.165, 1.54) is 19.3 Å². The van der Waals surface area contributed by atoms with Crippen molar-refractivity contribution in [3.63, 3.8) is 0 Å². The maximum Gasteiger partial charge on any atom is 0.245 e. The van der Waals surface area contributed by atoms with Crippen molar-refractivity contribution in [2.45, 2.75) is 31.7 Å². The molecule has 1 fully saturated rings. The fourth-order valence-electron chi connectivity index (χ4n) is 2.22. The molecule has 2 rings (SSSR count). The van der Waals surface area contributed by atoms with Crippen molar-refractivity contribution in [3.05, 3.63) is 0 Å². The predicted molar refractivity (Wildman–Crippen MR) is 57.5 cm³/mol. The number of tetrazole rings is 1. The first-order valence-electron chi connectivity index (χ1n) is 5.52. The molecule has 0 spiro atoms. The van der Waals surface area contributed by atoms with Gasteiger partial charge >= 0.3 is 0 Å². The van der Waals surface area contributed by atoms with Crippen molar-refractivity contribution in [1.29, 1.82) is 0 Å². The van der Waals surface area contributed by atoms with Gasteiger partial charge in [-0.1, -0.05) is 5.10 Å². The third-order valence-corrected chi connectivity index (χ3v) is 2.98. The molecule has 6 nitrogen and oxygen atoms in total. The van der Waals surface area contributed by atoms with Crippen LogP contribution in [0.5, 0.6) is 0 Å². The maximum absolute atomic E-state index is 5.63. The molecule has 2 N–H and O–H groups in total. The van der Waals surface area contributed by atoms with Crippen LogP contribution in [0.25, 0.3) is 0 Å². The lowest BCUT2D eigenvalue weighted by Gasteiger charge is -2.35. The molecule has 0 aliphatic carbocycles. The molecule has 0 amide bonds. The largest absolute Gasteiger partial charge is 0.337 e. The predicted octanol–water partition coefficient (Wildman–Crippen LogP) is -0.0822. The van der Waals surface area contributed by atoms with Crippen molar-refractivity contribution in [1.82, 2.24) is 20.2 Å². The van der Waals surface area contributed by atoms with Crippen LogP contribution in [0.4, 0.5) is 5.95 Å². The highest BCUT2D eigenvalue weighted by Gasteiger charge is 2.25. The van der Waals surface area contributed by atoms with Crippen LogP contribution in [0.15, 0.2) is 0 Å². The standard InChI is InChI=1S/C9H18N6/c1-14-9(11-12-13-14)15-7-3-2-4-8(15)5-6-10/h8H,2-7,10H2,1H3. The second kappa shape index (κ2) is 4.57. The van der Waals surface area contributed by atoms with Crippen molar-refractivity contribution in [2.75, 3.05) is 18.0 Å². The summed E-state index contributed by atoms with van der Waals surface area (Å²) in [5, 5.41) is 11.6. The van der Waals surface area contributed by atoms with Crippen LogP contribution < -0.4 is 10.6 Å². The molecule has 1 aromatic heterocycles. The summed E-state index contributed by atoms with van der Waals surface area (Å²) in [6.07, 6.45) is 4.72. The van der Waals surface area contributed by atoms with Gasteiger partial charge < -0.3 is 10.6 Å². The van der Waals surface area contributed by atoms with Gasteiger partial charge in [-0.3, -0.25) is 0 Å². The van der Waals surface area contributed by atoms with E-state index in [-0.39, 0.29) is 0 Å². The van der Waals surface area contributed by atoms with Crippen molar-refractivity contribution in [3.8, 4) is 0 Å². The number of rotatable bonds is 3. The second-order valence-electron chi connectivity index (χ2n) is 4.02. The lowest BCUT2D eigenvalue weighted by Crippen LogP contribution is -2.42. The second-order valence-corrected chi connectivity index (χ2v) is 4.02. The zero-order valence-electron chi connectivity index (χ0n) is 9.13. The molecule has 0 aromatic carbocycles. The van der Waals surface area contributed by atoms with E-state index < -0.39 is 0 Å². The van der Waals surface area contributed by atoms with Crippen LogP contribution in [-0.4, -0.2) is 39.3 Å². The van der Waals surface area contributed by atoms with E-state index in [4.69, 9.17) is 5.73 Å². The minimum Gasteiger partial charge on any atom is -0.337 e. The molecule has 0 saturated carbocycles. The van der Waals surface area contributed by atoms with Gasteiger partial charge in [-0.05, 0) is 42.7 Å². The quantitative estimate of drug-likeness (QED) is 0.755. The SMILES string of the molecule is Cn1nnnc1N1CCCCC1CCN. The number of nitrogens with two attached hydrogens (primary N) is 1. The van der Waals surface area contributed by atoms with Gasteiger partial charge in [0.2, 0.25) is 5.95 Å². The number of piperidine rings is 1. The Labute approximate surface area is 89.4 Å². The van der Waals surface area contributed by atoms with Gasteiger partial charge in [-0.25, -0.2) is 4.68 Å². The van der Waals surface area contributed by atoms with E-state index in [9.17, 15) is 0 Å². The highest BCUT2D eigenvalue weighted by Crippen LogP contribution is 2.23. The Morgan fingerprint density at radius 3 is 3.00 bits per heavy atom.